The van der Waals surface area contributed by atoms with Crippen LogP contribution in [0.15, 0.2) is 54.6 Å². The summed E-state index contributed by atoms with van der Waals surface area (Å²) in [4.78, 5) is 22.3. The standard InChI is InChI=1S/C16H16N2O6S/c1-24-16(19)15(12-7-3-2-4-8-12)17-25(22,23)11-13-9-5-6-10-14(13)18(20)21/h2-10,15,17H,11H2,1H3. The molecule has 2 aromatic carbocycles. The van der Waals surface area contributed by atoms with Crippen molar-refractivity contribution < 1.29 is 22.9 Å². The molecule has 0 saturated carbocycles. The van der Waals surface area contributed by atoms with Crippen molar-refractivity contribution in [1.82, 2.24) is 4.72 Å². The number of nitrogens with one attached hydrogen (secondary N) is 1. The van der Waals surface area contributed by atoms with Gasteiger partial charge in [-0.1, -0.05) is 48.5 Å². The monoisotopic (exact) mass is 364 g/mol. The van der Waals surface area contributed by atoms with E-state index in [4.69, 9.17) is 0 Å². The lowest BCUT2D eigenvalue weighted by atomic mass is 10.1. The van der Waals surface area contributed by atoms with E-state index in [9.17, 15) is 23.3 Å². The molecule has 0 heterocycles. The number of hydrogen-bond donors (Lipinski definition) is 1. The number of nitro groups is 1. The van der Waals surface area contributed by atoms with Crippen molar-refractivity contribution in [2.24, 2.45) is 0 Å². The summed E-state index contributed by atoms with van der Waals surface area (Å²) in [6, 6.07) is 12.5. The number of carbonyl (C=O) groups is 1. The third-order valence-electron chi connectivity index (χ3n) is 3.40. The van der Waals surface area contributed by atoms with Gasteiger partial charge >= 0.3 is 5.97 Å². The van der Waals surface area contributed by atoms with E-state index in [1.807, 2.05) is 0 Å². The van der Waals surface area contributed by atoms with Crippen LogP contribution in [0.2, 0.25) is 0 Å². The molecule has 2 aromatic rings. The number of methoxy groups -OCH3 is 1. The van der Waals surface area contributed by atoms with Crippen molar-refractivity contribution in [3.05, 3.63) is 75.8 Å². The van der Waals surface area contributed by atoms with Crippen LogP contribution in [0.25, 0.3) is 0 Å². The fraction of sp³-hybridized carbons (Fsp3) is 0.188. The summed E-state index contributed by atoms with van der Waals surface area (Å²) in [6.07, 6.45) is 0. The molecule has 1 unspecified atom stereocenters. The molecule has 0 spiro atoms. The van der Waals surface area contributed by atoms with E-state index in [2.05, 4.69) is 9.46 Å². The molecule has 0 saturated heterocycles. The summed E-state index contributed by atoms with van der Waals surface area (Å²) in [5.74, 6) is -1.41. The first-order valence-corrected chi connectivity index (χ1v) is 8.84. The Morgan fingerprint density at radius 1 is 1.16 bits per heavy atom. The second-order valence-electron chi connectivity index (χ2n) is 5.13. The van der Waals surface area contributed by atoms with E-state index in [0.29, 0.717) is 5.56 Å². The predicted molar refractivity (Wildman–Crippen MR) is 90.1 cm³/mol. The third-order valence-corrected chi connectivity index (χ3v) is 4.69. The van der Waals surface area contributed by atoms with E-state index >= 15 is 0 Å². The Labute approximate surface area is 144 Å². The molecule has 0 fully saturated rings. The van der Waals surface area contributed by atoms with Crippen LogP contribution in [-0.4, -0.2) is 26.4 Å². The molecule has 1 N–H and O–H groups in total. The minimum atomic E-state index is -4.05. The number of nitrogens with zero attached hydrogens (tertiary/aromatic N) is 1. The molecule has 0 aliphatic rings. The van der Waals surface area contributed by atoms with Crippen molar-refractivity contribution in [2.45, 2.75) is 11.8 Å². The molecule has 2 rings (SSSR count). The molecule has 0 amide bonds. The van der Waals surface area contributed by atoms with E-state index in [1.54, 1.807) is 30.3 Å². The maximum Gasteiger partial charge on any atom is 0.328 e. The van der Waals surface area contributed by atoms with Crippen LogP contribution in [0.1, 0.15) is 17.2 Å². The SMILES string of the molecule is COC(=O)C(NS(=O)(=O)Cc1ccccc1[N+](=O)[O-])c1ccccc1. The number of nitro benzene ring substituents is 1. The van der Waals surface area contributed by atoms with E-state index in [-0.39, 0.29) is 11.3 Å². The van der Waals surface area contributed by atoms with E-state index < -0.39 is 32.7 Å². The zero-order valence-corrected chi connectivity index (χ0v) is 14.1. The van der Waals surface area contributed by atoms with Crippen molar-refractivity contribution in [3.63, 3.8) is 0 Å². The zero-order valence-electron chi connectivity index (χ0n) is 13.3. The molecule has 0 radical (unpaired) electrons. The van der Waals surface area contributed by atoms with Crippen LogP contribution < -0.4 is 4.72 Å². The number of carbonyl (C=O) groups excluding carboxylic acids is 1. The molecule has 0 bridgehead atoms. The summed E-state index contributed by atoms with van der Waals surface area (Å²) < 4.78 is 31.8. The molecule has 0 aliphatic heterocycles. The van der Waals surface area contributed by atoms with Crippen LogP contribution >= 0.6 is 0 Å². The minimum Gasteiger partial charge on any atom is -0.468 e. The quantitative estimate of drug-likeness (QED) is 0.456. The third kappa shape index (κ3) is 4.85. The van der Waals surface area contributed by atoms with Gasteiger partial charge in [0, 0.05) is 11.6 Å². The van der Waals surface area contributed by atoms with Crippen LogP contribution in [0, 0.1) is 10.1 Å². The van der Waals surface area contributed by atoms with Crippen molar-refractivity contribution in [2.75, 3.05) is 7.11 Å². The predicted octanol–water partition coefficient (Wildman–Crippen LogP) is 1.93. The van der Waals surface area contributed by atoms with Gasteiger partial charge in [0.2, 0.25) is 10.0 Å². The van der Waals surface area contributed by atoms with Gasteiger partial charge in [-0.15, -0.1) is 0 Å². The molecule has 9 heteroatoms. The molecule has 25 heavy (non-hydrogen) atoms. The van der Waals surface area contributed by atoms with Gasteiger partial charge in [-0.2, -0.15) is 4.72 Å². The van der Waals surface area contributed by atoms with Gasteiger partial charge < -0.3 is 4.74 Å². The maximum absolute atomic E-state index is 12.4. The van der Waals surface area contributed by atoms with Crippen molar-refractivity contribution >= 4 is 21.7 Å². The Bertz CT molecular complexity index is 867. The van der Waals surface area contributed by atoms with Gasteiger partial charge in [0.15, 0.2) is 0 Å². The number of para-hydroxylation sites is 1. The van der Waals surface area contributed by atoms with E-state index in [0.717, 1.165) is 7.11 Å². The van der Waals surface area contributed by atoms with Crippen LogP contribution in [0.4, 0.5) is 5.69 Å². The number of ether oxygens (including phenoxy) is 1. The Balaban J connectivity index is 2.30. The first kappa shape index (κ1) is 18.6. The second-order valence-corrected chi connectivity index (χ2v) is 6.88. The van der Waals surface area contributed by atoms with Crippen molar-refractivity contribution in [1.29, 1.82) is 0 Å². The molecule has 8 nitrogen and oxygen atoms in total. The first-order chi connectivity index (χ1) is 11.8. The smallest absolute Gasteiger partial charge is 0.328 e. The molecule has 0 aromatic heterocycles. The maximum atomic E-state index is 12.4. The Hall–Kier alpha value is -2.78. The zero-order chi connectivity index (χ0) is 18.4. The molecule has 132 valence electrons. The van der Waals surface area contributed by atoms with Crippen molar-refractivity contribution in [3.8, 4) is 0 Å². The minimum absolute atomic E-state index is 0.0247. The Kier molecular flexibility index (Phi) is 5.84. The largest absolute Gasteiger partial charge is 0.468 e. The summed E-state index contributed by atoms with van der Waals surface area (Å²) in [5.41, 5.74) is 0.124. The number of rotatable bonds is 7. The molecule has 0 aliphatic carbocycles. The van der Waals surface area contributed by atoms with Gasteiger partial charge in [-0.05, 0) is 5.56 Å². The number of esters is 1. The number of sulfonamides is 1. The van der Waals surface area contributed by atoms with E-state index in [1.165, 1.54) is 24.3 Å². The van der Waals surface area contributed by atoms with Gasteiger partial charge in [0.1, 0.15) is 6.04 Å². The fourth-order valence-corrected chi connectivity index (χ4v) is 3.58. The first-order valence-electron chi connectivity index (χ1n) is 7.19. The average Bonchev–Trinajstić information content (AvgIpc) is 2.59. The highest BCUT2D eigenvalue weighted by Crippen LogP contribution is 2.22. The summed E-state index contributed by atoms with van der Waals surface area (Å²) in [7, 11) is -2.90. The number of hydrogen-bond acceptors (Lipinski definition) is 6. The lowest BCUT2D eigenvalue weighted by Gasteiger charge is -2.17. The topological polar surface area (TPSA) is 116 Å². The summed E-state index contributed by atoms with van der Waals surface area (Å²) >= 11 is 0. The highest BCUT2D eigenvalue weighted by Gasteiger charge is 2.28. The molecule has 1 atom stereocenters. The fourth-order valence-electron chi connectivity index (χ4n) is 2.25. The van der Waals surface area contributed by atoms with Gasteiger partial charge in [0.05, 0.1) is 17.8 Å². The van der Waals surface area contributed by atoms with Gasteiger partial charge in [-0.25, -0.2) is 13.2 Å². The highest BCUT2D eigenvalue weighted by molar-refractivity contribution is 7.88. The van der Waals surface area contributed by atoms with Gasteiger partial charge in [-0.3, -0.25) is 10.1 Å². The number of benzene rings is 2. The van der Waals surface area contributed by atoms with Gasteiger partial charge in [0.25, 0.3) is 5.69 Å². The average molecular weight is 364 g/mol. The Morgan fingerprint density at radius 3 is 2.36 bits per heavy atom. The lowest BCUT2D eigenvalue weighted by Crippen LogP contribution is -2.35. The second kappa shape index (κ2) is 7.86. The lowest BCUT2D eigenvalue weighted by molar-refractivity contribution is -0.385. The van der Waals surface area contributed by atoms with Crippen LogP contribution in [-0.2, 0) is 25.3 Å². The molecular weight excluding hydrogens is 348 g/mol. The van der Waals surface area contributed by atoms with Crippen LogP contribution in [0.5, 0.6) is 0 Å². The molecular formula is C16H16N2O6S. The van der Waals surface area contributed by atoms with Crippen LogP contribution in [0.3, 0.4) is 0 Å². The summed E-state index contributed by atoms with van der Waals surface area (Å²) in [5, 5.41) is 11.0. The Morgan fingerprint density at radius 2 is 1.76 bits per heavy atom. The normalized spacial score (nSPS) is 12.4. The highest BCUT2D eigenvalue weighted by atomic mass is 32.2. The summed E-state index contributed by atoms with van der Waals surface area (Å²) in [6.45, 7) is 0.